The van der Waals surface area contributed by atoms with E-state index in [1.165, 1.54) is 36.3 Å². The van der Waals surface area contributed by atoms with Crippen LogP contribution in [-0.2, 0) is 10.0 Å². The lowest BCUT2D eigenvalue weighted by molar-refractivity contribution is -0.384. The number of sulfonamides is 1. The van der Waals surface area contributed by atoms with Crippen molar-refractivity contribution in [2.24, 2.45) is 4.99 Å². The van der Waals surface area contributed by atoms with Gasteiger partial charge in [0, 0.05) is 23.8 Å². The number of non-ortho nitro benzene ring substituents is 1. The highest BCUT2D eigenvalue weighted by Crippen LogP contribution is 2.46. The molecular formula is C25H16Cl2N6O5S. The first-order valence-corrected chi connectivity index (χ1v) is 13.1. The minimum absolute atomic E-state index is 0.0246. The monoisotopic (exact) mass is 582 g/mol. The van der Waals surface area contributed by atoms with E-state index in [2.05, 4.69) is 9.71 Å². The Morgan fingerprint density at radius 3 is 2.36 bits per heavy atom. The van der Waals surface area contributed by atoms with Crippen molar-refractivity contribution in [3.05, 3.63) is 85.9 Å². The molecule has 0 saturated carbocycles. The average molecular weight is 583 g/mol. The van der Waals surface area contributed by atoms with Gasteiger partial charge in [0.1, 0.15) is 23.7 Å². The van der Waals surface area contributed by atoms with Crippen LogP contribution in [0.5, 0.6) is 5.75 Å². The Morgan fingerprint density at radius 1 is 1.10 bits per heavy atom. The summed E-state index contributed by atoms with van der Waals surface area (Å²) in [5.41, 5.74) is -0.142. The topological polar surface area (TPSA) is 162 Å². The third-order valence-electron chi connectivity index (χ3n) is 5.58. The van der Waals surface area contributed by atoms with E-state index in [0.717, 1.165) is 12.1 Å². The SMILES string of the molecule is COc1cccc(NS(=O)(=O)c2ccc3c(c2)C(=C(C#N)C#N)N(c2c(Cl)cc([N+](=O)[O-])cc2Cl)C(C)=N3)c1. The molecule has 11 nitrogen and oxygen atoms in total. The van der Waals surface area contributed by atoms with E-state index < -0.39 is 20.5 Å². The number of fused-ring (bicyclic) bond motifs is 1. The van der Waals surface area contributed by atoms with Crippen LogP contribution in [-0.4, -0.2) is 26.3 Å². The number of nitro benzene ring substituents is 1. The second kappa shape index (κ2) is 10.6. The molecule has 0 unspecified atom stereocenters. The first-order valence-electron chi connectivity index (χ1n) is 10.9. The van der Waals surface area contributed by atoms with Crippen LogP contribution in [0.2, 0.25) is 10.0 Å². The number of benzene rings is 3. The van der Waals surface area contributed by atoms with E-state index in [0.29, 0.717) is 5.75 Å². The van der Waals surface area contributed by atoms with Crippen molar-refractivity contribution in [1.82, 2.24) is 0 Å². The molecule has 0 bridgehead atoms. The van der Waals surface area contributed by atoms with Gasteiger partial charge in [-0.25, -0.2) is 13.4 Å². The van der Waals surface area contributed by atoms with E-state index >= 15 is 0 Å². The number of anilines is 2. The predicted molar refractivity (Wildman–Crippen MR) is 147 cm³/mol. The van der Waals surface area contributed by atoms with Gasteiger partial charge < -0.3 is 4.74 Å². The van der Waals surface area contributed by atoms with Crippen molar-refractivity contribution >= 4 is 67.5 Å². The highest BCUT2D eigenvalue weighted by atomic mass is 35.5. The van der Waals surface area contributed by atoms with Gasteiger partial charge in [-0.3, -0.25) is 19.7 Å². The van der Waals surface area contributed by atoms with Crippen molar-refractivity contribution in [2.45, 2.75) is 11.8 Å². The molecule has 0 aromatic heterocycles. The van der Waals surface area contributed by atoms with Gasteiger partial charge in [0.25, 0.3) is 15.7 Å². The number of methoxy groups -OCH3 is 1. The molecule has 0 spiro atoms. The maximum atomic E-state index is 13.3. The standard InChI is InChI=1S/C25H16Cl2N6O5S/c1-14-30-23-7-6-19(39(36,37)31-16-4-3-5-18(8-16)38-2)11-20(23)24(15(12-28)13-29)32(14)25-21(26)9-17(33(34)35)10-22(25)27/h3-11,31H,1-2H3. The maximum absolute atomic E-state index is 13.3. The summed E-state index contributed by atoms with van der Waals surface area (Å²) in [6, 6.07) is 16.1. The fraction of sp³-hybridized carbons (Fsp3) is 0.0800. The first-order chi connectivity index (χ1) is 18.5. The van der Waals surface area contributed by atoms with Gasteiger partial charge in [-0.05, 0) is 37.3 Å². The summed E-state index contributed by atoms with van der Waals surface area (Å²) in [7, 11) is -2.70. The number of rotatable bonds is 6. The number of nitro groups is 1. The number of ether oxygens (including phenoxy) is 1. The van der Waals surface area contributed by atoms with Crippen LogP contribution in [0.3, 0.4) is 0 Å². The van der Waals surface area contributed by atoms with E-state index in [4.69, 9.17) is 27.9 Å². The minimum Gasteiger partial charge on any atom is -0.497 e. The second-order valence-electron chi connectivity index (χ2n) is 7.97. The highest BCUT2D eigenvalue weighted by molar-refractivity contribution is 7.92. The van der Waals surface area contributed by atoms with Crippen molar-refractivity contribution in [2.75, 3.05) is 16.7 Å². The predicted octanol–water partition coefficient (Wildman–Crippen LogP) is 6.04. The van der Waals surface area contributed by atoms with Gasteiger partial charge in [-0.2, -0.15) is 10.5 Å². The van der Waals surface area contributed by atoms with Crippen molar-refractivity contribution in [3.63, 3.8) is 0 Å². The zero-order valence-electron chi connectivity index (χ0n) is 20.1. The molecule has 196 valence electrons. The van der Waals surface area contributed by atoms with E-state index in [-0.39, 0.29) is 54.8 Å². The lowest BCUT2D eigenvalue weighted by Gasteiger charge is -2.33. The quantitative estimate of drug-likeness (QED) is 0.209. The summed E-state index contributed by atoms with van der Waals surface area (Å²) >= 11 is 12.8. The third-order valence-corrected chi connectivity index (χ3v) is 7.54. The van der Waals surface area contributed by atoms with Crippen LogP contribution in [0, 0.1) is 32.8 Å². The van der Waals surface area contributed by atoms with E-state index in [1.54, 1.807) is 25.1 Å². The van der Waals surface area contributed by atoms with Crippen LogP contribution in [0.15, 0.2) is 70.1 Å². The molecule has 1 heterocycles. The molecule has 1 aliphatic heterocycles. The molecule has 3 aromatic carbocycles. The zero-order valence-corrected chi connectivity index (χ0v) is 22.5. The molecular weight excluding hydrogens is 567 g/mol. The van der Waals surface area contributed by atoms with E-state index in [9.17, 15) is 29.1 Å². The summed E-state index contributed by atoms with van der Waals surface area (Å²) in [5, 5.41) is 30.5. The summed E-state index contributed by atoms with van der Waals surface area (Å²) < 4.78 is 34.2. The van der Waals surface area contributed by atoms with Crippen molar-refractivity contribution in [3.8, 4) is 17.9 Å². The Kier molecular flexibility index (Phi) is 7.47. The normalized spacial score (nSPS) is 12.5. The third kappa shape index (κ3) is 5.22. The molecule has 39 heavy (non-hydrogen) atoms. The molecule has 14 heteroatoms. The van der Waals surface area contributed by atoms with Crippen LogP contribution < -0.4 is 14.4 Å². The number of aliphatic imine (C=N–C) groups is 1. The Hall–Kier alpha value is -4.62. The number of allylic oxidation sites excluding steroid dienone is 1. The van der Waals surface area contributed by atoms with E-state index in [1.807, 2.05) is 12.1 Å². The number of nitrogens with one attached hydrogen (secondary N) is 1. The number of nitriles is 2. The number of hydrogen-bond acceptors (Lipinski definition) is 9. The summed E-state index contributed by atoms with van der Waals surface area (Å²) in [6.45, 7) is 1.55. The zero-order chi connectivity index (χ0) is 28.5. The lowest BCUT2D eigenvalue weighted by Crippen LogP contribution is -2.31. The van der Waals surface area contributed by atoms with Crippen molar-refractivity contribution < 1.29 is 18.1 Å². The number of halogens is 2. The Bertz CT molecular complexity index is 1750. The van der Waals surface area contributed by atoms with Gasteiger partial charge in [0.05, 0.1) is 49.7 Å². The maximum Gasteiger partial charge on any atom is 0.272 e. The molecule has 0 saturated heterocycles. The number of hydrogen-bond donors (Lipinski definition) is 1. The minimum atomic E-state index is -4.15. The summed E-state index contributed by atoms with van der Waals surface area (Å²) in [4.78, 5) is 16.2. The first kappa shape index (κ1) is 27.4. The largest absolute Gasteiger partial charge is 0.497 e. The van der Waals surface area contributed by atoms with Crippen molar-refractivity contribution in [1.29, 1.82) is 10.5 Å². The second-order valence-corrected chi connectivity index (χ2v) is 10.5. The highest BCUT2D eigenvalue weighted by Gasteiger charge is 2.32. The Morgan fingerprint density at radius 2 is 1.77 bits per heavy atom. The lowest BCUT2D eigenvalue weighted by atomic mass is 10.0. The fourth-order valence-corrected chi connectivity index (χ4v) is 5.62. The van der Waals surface area contributed by atoms with Gasteiger partial charge in [0.15, 0.2) is 5.57 Å². The molecule has 3 aromatic rings. The van der Waals surface area contributed by atoms with Crippen LogP contribution >= 0.6 is 23.2 Å². The smallest absolute Gasteiger partial charge is 0.272 e. The fourth-order valence-electron chi connectivity index (χ4n) is 3.90. The van der Waals surface area contributed by atoms with Crippen LogP contribution in [0.1, 0.15) is 12.5 Å². The summed E-state index contributed by atoms with van der Waals surface area (Å²) in [6.07, 6.45) is 0. The molecule has 1 N–H and O–H groups in total. The number of amidine groups is 1. The van der Waals surface area contributed by atoms with Crippen LogP contribution in [0.4, 0.5) is 22.7 Å². The average Bonchev–Trinajstić information content (AvgIpc) is 2.89. The van der Waals surface area contributed by atoms with Gasteiger partial charge >= 0.3 is 0 Å². The molecule has 0 atom stereocenters. The molecule has 0 aliphatic carbocycles. The van der Waals surface area contributed by atoms with Gasteiger partial charge in [0.2, 0.25) is 0 Å². The molecule has 0 amide bonds. The molecule has 1 aliphatic rings. The summed E-state index contributed by atoms with van der Waals surface area (Å²) in [5.74, 6) is 0.666. The molecule has 0 radical (unpaired) electrons. The van der Waals surface area contributed by atoms with Crippen LogP contribution in [0.25, 0.3) is 5.70 Å². The van der Waals surface area contributed by atoms with Gasteiger partial charge in [-0.15, -0.1) is 0 Å². The Labute approximate surface area is 233 Å². The molecule has 0 fully saturated rings. The van der Waals surface area contributed by atoms with Gasteiger partial charge in [-0.1, -0.05) is 29.3 Å². The Balaban J connectivity index is 1.91. The molecule has 4 rings (SSSR count). The number of nitrogens with zero attached hydrogens (tertiary/aromatic N) is 5.